The highest BCUT2D eigenvalue weighted by molar-refractivity contribution is 7.86. The Morgan fingerprint density at radius 1 is 1.42 bits per heavy atom. The van der Waals surface area contributed by atoms with E-state index in [0.717, 1.165) is 7.11 Å². The Hall–Kier alpha value is -1.80. The molecule has 0 saturated carbocycles. The highest BCUT2D eigenvalue weighted by Gasteiger charge is 2.28. The van der Waals surface area contributed by atoms with E-state index in [1.54, 1.807) is 6.92 Å². The average molecular weight is 289 g/mol. The highest BCUT2D eigenvalue weighted by atomic mass is 32.2. The lowest BCUT2D eigenvalue weighted by atomic mass is 10.1. The number of rotatable bonds is 4. The quantitative estimate of drug-likeness (QED) is 0.480. The minimum absolute atomic E-state index is 0.108. The van der Waals surface area contributed by atoms with Gasteiger partial charge in [-0.1, -0.05) is 6.92 Å². The molecule has 3 N–H and O–H groups in total. The molecular formula is C11H15NO6S. The molecule has 0 radical (unpaired) electrons. The third-order valence-corrected chi connectivity index (χ3v) is 3.53. The summed E-state index contributed by atoms with van der Waals surface area (Å²) in [6, 6.07) is 1.38. The van der Waals surface area contributed by atoms with Gasteiger partial charge in [-0.3, -0.25) is 4.55 Å². The van der Waals surface area contributed by atoms with Crippen molar-refractivity contribution in [3.8, 4) is 5.75 Å². The van der Waals surface area contributed by atoms with Gasteiger partial charge in [0.05, 0.1) is 19.9 Å². The second-order valence-electron chi connectivity index (χ2n) is 3.68. The first-order valence-corrected chi connectivity index (χ1v) is 6.77. The maximum absolute atomic E-state index is 11.6. The van der Waals surface area contributed by atoms with Gasteiger partial charge >= 0.3 is 5.97 Å². The van der Waals surface area contributed by atoms with Crippen LogP contribution < -0.4 is 10.5 Å². The van der Waals surface area contributed by atoms with E-state index in [9.17, 15) is 17.8 Å². The van der Waals surface area contributed by atoms with Crippen molar-refractivity contribution < 1.29 is 27.2 Å². The summed E-state index contributed by atoms with van der Waals surface area (Å²) >= 11 is 0. The molecule has 0 spiro atoms. The lowest BCUT2D eigenvalue weighted by Gasteiger charge is -2.15. The Bertz CT molecular complexity index is 608. The van der Waals surface area contributed by atoms with Crippen LogP contribution in [0.2, 0.25) is 0 Å². The van der Waals surface area contributed by atoms with Crippen LogP contribution in [0.25, 0.3) is 0 Å². The molecule has 8 heteroatoms. The molecule has 0 heterocycles. The molecule has 0 aliphatic rings. The number of benzene rings is 1. The van der Waals surface area contributed by atoms with Gasteiger partial charge in [0.25, 0.3) is 10.1 Å². The molecule has 0 aliphatic heterocycles. The van der Waals surface area contributed by atoms with Crippen molar-refractivity contribution in [1.29, 1.82) is 0 Å². The van der Waals surface area contributed by atoms with Crippen molar-refractivity contribution in [2.75, 3.05) is 20.0 Å². The van der Waals surface area contributed by atoms with Crippen molar-refractivity contribution >= 4 is 21.8 Å². The summed E-state index contributed by atoms with van der Waals surface area (Å²) in [5.74, 6) is -1.11. The molecule has 1 aromatic rings. The molecular weight excluding hydrogens is 274 g/mol. The van der Waals surface area contributed by atoms with Crippen LogP contribution in [0, 0.1) is 0 Å². The van der Waals surface area contributed by atoms with E-state index in [1.165, 1.54) is 13.2 Å². The van der Waals surface area contributed by atoms with E-state index >= 15 is 0 Å². The summed E-state index contributed by atoms with van der Waals surface area (Å²) in [6.07, 6.45) is 0.377. The lowest BCUT2D eigenvalue weighted by molar-refractivity contribution is 0.0596. The summed E-state index contributed by atoms with van der Waals surface area (Å²) < 4.78 is 41.5. The fraction of sp³-hybridized carbons (Fsp3) is 0.364. The number of aryl methyl sites for hydroxylation is 1. The number of ether oxygens (including phenoxy) is 2. The number of carbonyl (C=O) groups excluding carboxylic acids is 1. The summed E-state index contributed by atoms with van der Waals surface area (Å²) in [5, 5.41) is 0. The molecule has 0 bridgehead atoms. The Kier molecular flexibility index (Phi) is 4.38. The summed E-state index contributed by atoms with van der Waals surface area (Å²) in [6.45, 7) is 1.73. The summed E-state index contributed by atoms with van der Waals surface area (Å²) in [4.78, 5) is 11.0. The van der Waals surface area contributed by atoms with Crippen LogP contribution in [-0.4, -0.2) is 33.2 Å². The first-order chi connectivity index (χ1) is 8.77. The van der Waals surface area contributed by atoms with Crippen molar-refractivity contribution in [2.45, 2.75) is 18.2 Å². The normalized spacial score (nSPS) is 11.2. The molecule has 1 rings (SSSR count). The minimum atomic E-state index is -4.63. The molecule has 0 aromatic heterocycles. The lowest BCUT2D eigenvalue weighted by Crippen LogP contribution is -2.13. The number of esters is 1. The van der Waals surface area contributed by atoms with E-state index in [2.05, 4.69) is 4.74 Å². The summed E-state index contributed by atoms with van der Waals surface area (Å²) in [7, 11) is -2.31. The zero-order chi connectivity index (χ0) is 14.8. The van der Waals surface area contributed by atoms with Crippen LogP contribution in [0.15, 0.2) is 11.0 Å². The predicted molar refractivity (Wildman–Crippen MR) is 67.9 cm³/mol. The van der Waals surface area contributed by atoms with Gasteiger partial charge in [-0.25, -0.2) is 4.79 Å². The Labute approximate surface area is 111 Å². The van der Waals surface area contributed by atoms with Crippen LogP contribution in [-0.2, 0) is 21.3 Å². The van der Waals surface area contributed by atoms with Gasteiger partial charge < -0.3 is 15.2 Å². The second-order valence-corrected chi connectivity index (χ2v) is 5.04. The number of hydrogen-bond donors (Lipinski definition) is 2. The molecule has 106 valence electrons. The van der Waals surface area contributed by atoms with E-state index in [-0.39, 0.29) is 17.0 Å². The highest BCUT2D eigenvalue weighted by Crippen LogP contribution is 2.36. The molecule has 0 aliphatic carbocycles. The first kappa shape index (κ1) is 15.3. The standard InChI is InChI=1S/C11H15NO6S/c1-4-6-5-7(11(13)18-3)9(17-2)10(8(6)12)19(14,15)16/h5H,4,12H2,1-3H3,(H,14,15,16). The molecule has 0 fully saturated rings. The van der Waals surface area contributed by atoms with Crippen molar-refractivity contribution in [2.24, 2.45) is 0 Å². The van der Waals surface area contributed by atoms with E-state index in [0.29, 0.717) is 12.0 Å². The van der Waals surface area contributed by atoms with Gasteiger partial charge in [0.2, 0.25) is 0 Å². The van der Waals surface area contributed by atoms with Crippen LogP contribution in [0.4, 0.5) is 5.69 Å². The largest absolute Gasteiger partial charge is 0.494 e. The van der Waals surface area contributed by atoms with Crippen molar-refractivity contribution in [3.63, 3.8) is 0 Å². The first-order valence-electron chi connectivity index (χ1n) is 5.33. The monoisotopic (exact) mass is 289 g/mol. The van der Waals surface area contributed by atoms with Crippen molar-refractivity contribution in [1.82, 2.24) is 0 Å². The third kappa shape index (κ3) is 2.79. The predicted octanol–water partition coefficient (Wildman–Crippen LogP) is 0.873. The Morgan fingerprint density at radius 2 is 2.00 bits per heavy atom. The van der Waals surface area contributed by atoms with Crippen LogP contribution in [0.5, 0.6) is 5.75 Å². The molecule has 0 amide bonds. The summed E-state index contributed by atoms with van der Waals surface area (Å²) in [5.41, 5.74) is 5.84. The van der Waals surface area contributed by atoms with E-state index < -0.39 is 21.0 Å². The Balaban J connectivity index is 3.83. The number of anilines is 1. The van der Waals surface area contributed by atoms with Crippen LogP contribution in [0.3, 0.4) is 0 Å². The van der Waals surface area contributed by atoms with Gasteiger partial charge in [-0.2, -0.15) is 8.42 Å². The average Bonchev–Trinajstić information content (AvgIpc) is 2.35. The SMILES string of the molecule is CCc1cc(C(=O)OC)c(OC)c(S(=O)(=O)O)c1N. The van der Waals surface area contributed by atoms with Crippen molar-refractivity contribution in [3.05, 3.63) is 17.2 Å². The maximum Gasteiger partial charge on any atom is 0.341 e. The molecule has 7 nitrogen and oxygen atoms in total. The van der Waals surface area contributed by atoms with Gasteiger partial charge in [-0.05, 0) is 18.1 Å². The van der Waals surface area contributed by atoms with E-state index in [4.69, 9.17) is 10.5 Å². The van der Waals surface area contributed by atoms with Gasteiger partial charge in [0.15, 0.2) is 10.6 Å². The zero-order valence-corrected chi connectivity index (χ0v) is 11.6. The van der Waals surface area contributed by atoms with Crippen LogP contribution >= 0.6 is 0 Å². The number of nitrogen functional groups attached to an aromatic ring is 1. The second kappa shape index (κ2) is 5.45. The zero-order valence-electron chi connectivity index (χ0n) is 10.8. The molecule has 19 heavy (non-hydrogen) atoms. The minimum Gasteiger partial charge on any atom is -0.494 e. The third-order valence-electron chi connectivity index (χ3n) is 2.61. The number of carbonyl (C=O) groups is 1. The smallest absolute Gasteiger partial charge is 0.341 e. The number of hydrogen-bond acceptors (Lipinski definition) is 6. The fourth-order valence-corrected chi connectivity index (χ4v) is 2.56. The number of methoxy groups -OCH3 is 2. The topological polar surface area (TPSA) is 116 Å². The molecule has 1 aromatic carbocycles. The fourth-order valence-electron chi connectivity index (χ4n) is 1.72. The van der Waals surface area contributed by atoms with Gasteiger partial charge in [-0.15, -0.1) is 0 Å². The molecule has 0 atom stereocenters. The van der Waals surface area contributed by atoms with Gasteiger partial charge in [0, 0.05) is 0 Å². The number of nitrogens with two attached hydrogens (primary N) is 1. The molecule has 0 unspecified atom stereocenters. The Morgan fingerprint density at radius 3 is 2.37 bits per heavy atom. The van der Waals surface area contributed by atoms with Crippen LogP contribution in [0.1, 0.15) is 22.8 Å². The van der Waals surface area contributed by atoms with E-state index in [1.807, 2.05) is 0 Å². The maximum atomic E-state index is 11.6. The molecule has 0 saturated heterocycles. The van der Waals surface area contributed by atoms with Gasteiger partial charge in [0.1, 0.15) is 5.56 Å².